The van der Waals surface area contributed by atoms with E-state index in [1.54, 1.807) is 30.6 Å². The Kier molecular flexibility index (Phi) is 23.8. The van der Waals surface area contributed by atoms with Crippen LogP contribution in [0.25, 0.3) is 22.6 Å². The van der Waals surface area contributed by atoms with Crippen molar-refractivity contribution in [1.82, 2.24) is 69.4 Å². The minimum Gasteiger partial charge on any atom is -0.495 e. The smallest absolute Gasteiger partial charge is 0.416 e. The van der Waals surface area contributed by atoms with E-state index in [1.165, 1.54) is 64.7 Å². The quantitative estimate of drug-likeness (QED) is 0.0422. The highest BCUT2D eigenvalue weighted by atomic mass is 35.5. The molecule has 512 valence electrons. The number of nitrogens with one attached hydrogen (secondary N) is 5. The van der Waals surface area contributed by atoms with Crippen molar-refractivity contribution >= 4 is 104 Å². The predicted molar refractivity (Wildman–Crippen MR) is 369 cm³/mol. The molecular weight excluding hydrogens is 1350 g/mol. The van der Waals surface area contributed by atoms with Gasteiger partial charge in [-0.3, -0.25) is 19.5 Å². The van der Waals surface area contributed by atoms with Crippen LogP contribution in [-0.4, -0.2) is 182 Å². The Balaban J connectivity index is 0.000000216. The number of carbonyl (C=O) groups excluding carboxylic acids is 1. The van der Waals surface area contributed by atoms with Gasteiger partial charge in [0.15, 0.2) is 5.82 Å². The molecule has 25 nitrogen and oxygen atoms in total. The molecule has 98 heavy (non-hydrogen) atoms. The highest BCUT2D eigenvalue weighted by molar-refractivity contribution is 6.43. The lowest BCUT2D eigenvalue weighted by atomic mass is 10.0. The second-order valence-corrected chi connectivity index (χ2v) is 24.0. The van der Waals surface area contributed by atoms with Gasteiger partial charge in [-0.1, -0.05) is 71.5 Å². The molecule has 3 aromatic carbocycles. The summed E-state index contributed by atoms with van der Waals surface area (Å²) in [6.07, 6.45) is 7.79. The summed E-state index contributed by atoms with van der Waals surface area (Å²) in [7, 11) is 4.37. The number of alkyl halides is 3. The van der Waals surface area contributed by atoms with E-state index in [2.05, 4.69) is 98.0 Å². The van der Waals surface area contributed by atoms with Gasteiger partial charge in [0.25, 0.3) is 5.91 Å². The number of likely N-dealkylation sites (N-methyl/N-ethyl adjacent to an activating group) is 1. The second kappa shape index (κ2) is 33.1. The van der Waals surface area contributed by atoms with Gasteiger partial charge in [-0.15, -0.1) is 0 Å². The van der Waals surface area contributed by atoms with Crippen LogP contribution in [0.3, 0.4) is 0 Å². The molecule has 0 spiro atoms. The highest BCUT2D eigenvalue weighted by Crippen LogP contribution is 2.47. The zero-order chi connectivity index (χ0) is 68.7. The molecule has 32 heteroatoms. The molecule has 0 aliphatic carbocycles. The summed E-state index contributed by atoms with van der Waals surface area (Å²) in [4.78, 5) is 66.8. The first-order chi connectivity index (χ1) is 47.5. The van der Waals surface area contributed by atoms with Crippen molar-refractivity contribution in [1.29, 1.82) is 0 Å². The third-order valence-corrected chi connectivity index (χ3v) is 17.6. The number of amides is 1. The van der Waals surface area contributed by atoms with Crippen molar-refractivity contribution in [2.24, 2.45) is 0 Å². The van der Waals surface area contributed by atoms with Crippen LogP contribution in [0.1, 0.15) is 39.5 Å². The number of aromatic nitrogens is 10. The number of hydrogen-bond acceptors (Lipinski definition) is 24. The second-order valence-electron chi connectivity index (χ2n) is 22.4. The molecule has 6 aromatic heterocycles. The molecule has 12 rings (SSSR count). The molecule has 0 bridgehead atoms. The largest absolute Gasteiger partial charge is 0.495 e. The summed E-state index contributed by atoms with van der Waals surface area (Å²) in [6.45, 7) is 14.2. The van der Waals surface area contributed by atoms with Crippen LogP contribution in [0.2, 0.25) is 20.1 Å². The van der Waals surface area contributed by atoms with Gasteiger partial charge in [-0.2, -0.15) is 13.2 Å². The molecule has 0 atom stereocenters. The van der Waals surface area contributed by atoms with Gasteiger partial charge in [0.05, 0.1) is 92.2 Å². The number of nitrogens with zero attached hydrogens (tertiary/aromatic N) is 14. The molecule has 3 fully saturated rings. The zero-order valence-electron chi connectivity index (χ0n) is 53.6. The van der Waals surface area contributed by atoms with E-state index in [9.17, 15) is 18.0 Å². The van der Waals surface area contributed by atoms with Crippen LogP contribution in [-0.2, 0) is 35.3 Å². The van der Waals surface area contributed by atoms with Crippen molar-refractivity contribution in [3.63, 3.8) is 0 Å². The van der Waals surface area contributed by atoms with E-state index in [4.69, 9.17) is 70.1 Å². The molecule has 3 aliphatic rings. The average Bonchev–Trinajstić information content (AvgIpc) is 0.792. The van der Waals surface area contributed by atoms with Gasteiger partial charge in [0, 0.05) is 127 Å². The molecule has 0 radical (unpaired) electrons. The van der Waals surface area contributed by atoms with E-state index in [0.29, 0.717) is 82.0 Å². The molecule has 9 heterocycles. The average molecular weight is 1420 g/mol. The summed E-state index contributed by atoms with van der Waals surface area (Å²) >= 11 is 26.7. The maximum Gasteiger partial charge on any atom is 0.416 e. The SMILES string of the molecule is CCN1CCN(Cc2ccc(NC(=O)c3cc(OC)c(Cl)c(Nc4ncncc4-c4cc(Nc5ccc(CN6CCOCC6)cn5)ncn4)c3Cl)cc2C(F)(F)F)CC1.COc1cc(OC)c(Cl)c(Nc2nccnc2-c2cc(Nc3ccc(CN4CCOCC4)cn3)ncn2)c1Cl. The number of anilines is 9. The van der Waals surface area contributed by atoms with Crippen molar-refractivity contribution in [3.8, 4) is 39.9 Å². The fourth-order valence-electron chi connectivity index (χ4n) is 10.9. The first kappa shape index (κ1) is 70.4. The van der Waals surface area contributed by atoms with Crippen molar-refractivity contribution in [2.45, 2.75) is 32.7 Å². The standard InChI is InChI=1S/C40H42Cl2F3N11O3.C26H26Cl2N8O3/c1-3-54-8-10-55(11-9-54)22-26-5-6-27(16-30(26)40(43,44)45)51-39(57)28-17-32(58-2)36(42)37(35(28)41)53-38-29(20-46-23-50-38)31-18-34(49-24-48-31)52-33-7-4-25(19-47-33)21-56-12-14-59-15-13-56;1-37-18-12-19(38-2)23(28)25(22(18)27)35-26-24(29-5-6-30-26)17-11-21(33-15-32-17)34-20-4-3-16(13-31-20)14-36-7-9-39-10-8-36/h4-7,16-20,23-24H,3,8-15,21-22H2,1-2H3,(H,51,57)(H,46,50,53)(H,47,48,49,52);3-6,11-13,15H,7-10,14H2,1-2H3,(H,30,35)(H,31,32,33,34). The van der Waals surface area contributed by atoms with Crippen LogP contribution in [0.5, 0.6) is 17.2 Å². The van der Waals surface area contributed by atoms with Crippen molar-refractivity contribution < 1.29 is 41.7 Å². The maximum absolute atomic E-state index is 14.4. The minimum absolute atomic E-state index is 0.0234. The molecular formula is C66H68Cl4F3N19O6. The van der Waals surface area contributed by atoms with Crippen LogP contribution in [0, 0.1) is 0 Å². The van der Waals surface area contributed by atoms with E-state index < -0.39 is 17.6 Å². The normalized spacial score (nSPS) is 14.8. The van der Waals surface area contributed by atoms with E-state index >= 15 is 0 Å². The first-order valence-corrected chi connectivity index (χ1v) is 32.5. The Morgan fingerprint density at radius 1 is 0.520 bits per heavy atom. The number of rotatable bonds is 22. The Hall–Kier alpha value is -8.94. The minimum atomic E-state index is -4.65. The number of ether oxygens (including phenoxy) is 5. The number of halogens is 7. The molecule has 1 amide bonds. The molecule has 0 unspecified atom stereocenters. The molecule has 0 saturated carbocycles. The van der Waals surface area contributed by atoms with Gasteiger partial charge in [-0.25, -0.2) is 49.8 Å². The van der Waals surface area contributed by atoms with E-state index in [1.807, 2.05) is 41.6 Å². The summed E-state index contributed by atoms with van der Waals surface area (Å²) in [5, 5.41) is 15.7. The van der Waals surface area contributed by atoms with Crippen molar-refractivity contribution in [3.05, 3.63) is 165 Å². The summed E-state index contributed by atoms with van der Waals surface area (Å²) in [5.41, 5.74) is 3.58. The Labute approximate surface area is 582 Å². The highest BCUT2D eigenvalue weighted by Gasteiger charge is 2.35. The van der Waals surface area contributed by atoms with Gasteiger partial charge < -0.3 is 55.2 Å². The molecule has 5 N–H and O–H groups in total. The topological polar surface area (TPSA) is 265 Å². The number of pyridine rings is 2. The maximum atomic E-state index is 14.4. The van der Waals surface area contributed by atoms with E-state index in [0.717, 1.165) is 103 Å². The summed E-state index contributed by atoms with van der Waals surface area (Å²) in [5.74, 6) is 2.90. The number of carbonyl (C=O) groups is 1. The number of morpholine rings is 2. The summed E-state index contributed by atoms with van der Waals surface area (Å²) < 4.78 is 70.1. The number of piperazine rings is 1. The zero-order valence-corrected chi connectivity index (χ0v) is 56.7. The van der Waals surface area contributed by atoms with Crippen LogP contribution < -0.4 is 40.8 Å². The monoisotopic (exact) mass is 1420 g/mol. The number of benzene rings is 3. The number of hydrogen-bond donors (Lipinski definition) is 5. The number of methoxy groups -OCH3 is 3. The van der Waals surface area contributed by atoms with Gasteiger partial charge in [-0.05, 0) is 53.6 Å². The van der Waals surface area contributed by atoms with Crippen LogP contribution >= 0.6 is 46.4 Å². The van der Waals surface area contributed by atoms with Crippen molar-refractivity contribution in [2.75, 3.05) is 133 Å². The predicted octanol–water partition coefficient (Wildman–Crippen LogP) is 12.3. The Morgan fingerprint density at radius 3 is 1.61 bits per heavy atom. The van der Waals surface area contributed by atoms with Gasteiger partial charge in [0.2, 0.25) is 0 Å². The Bertz CT molecular complexity index is 4190. The van der Waals surface area contributed by atoms with Crippen LogP contribution in [0.4, 0.5) is 65.1 Å². The first-order valence-electron chi connectivity index (χ1n) is 31.0. The third-order valence-electron chi connectivity index (χ3n) is 16.1. The van der Waals surface area contributed by atoms with Crippen LogP contribution in [0.15, 0.2) is 117 Å². The lowest BCUT2D eigenvalue weighted by Gasteiger charge is -2.34. The molecule has 3 aliphatic heterocycles. The lowest BCUT2D eigenvalue weighted by molar-refractivity contribution is -0.138. The lowest BCUT2D eigenvalue weighted by Crippen LogP contribution is -2.45. The van der Waals surface area contributed by atoms with Gasteiger partial charge >= 0.3 is 6.18 Å². The molecule has 3 saturated heterocycles. The molecule has 9 aromatic rings. The Morgan fingerprint density at radius 2 is 1.05 bits per heavy atom. The van der Waals surface area contributed by atoms with E-state index in [-0.39, 0.29) is 60.7 Å². The fourth-order valence-corrected chi connectivity index (χ4v) is 12.1. The van der Waals surface area contributed by atoms with Gasteiger partial charge in [0.1, 0.15) is 86.1 Å². The third kappa shape index (κ3) is 17.9. The summed E-state index contributed by atoms with van der Waals surface area (Å²) in [6, 6.07) is 18.0. The fraction of sp³-hybridized carbons (Fsp3) is 0.318.